The van der Waals surface area contributed by atoms with E-state index in [9.17, 15) is 0 Å². The summed E-state index contributed by atoms with van der Waals surface area (Å²) in [6.07, 6.45) is 6.96. The molecule has 0 aromatic heterocycles. The summed E-state index contributed by atoms with van der Waals surface area (Å²) in [5, 5.41) is 17.7. The minimum atomic E-state index is -0.250. The Balaban J connectivity index is -0.000000207. The largest absolute Gasteiger partial charge is 0.483 e. The molecule has 0 aromatic carbocycles. The number of carbonyl (C=O) groups is 1. The van der Waals surface area contributed by atoms with Crippen LogP contribution in [-0.2, 0) is 4.79 Å². The van der Waals surface area contributed by atoms with Gasteiger partial charge in [-0.2, -0.15) is 5.26 Å². The van der Waals surface area contributed by atoms with Gasteiger partial charge in [-0.15, -0.1) is 0 Å². The average Bonchev–Trinajstić information content (AvgIpc) is 2.84. The Kier molecular flexibility index (Phi) is 30.3. The maximum atomic E-state index is 8.36. The molecular weight excluding hydrogens is 216 g/mol. The van der Waals surface area contributed by atoms with Gasteiger partial charge in [0.1, 0.15) is 0 Å². The van der Waals surface area contributed by atoms with Gasteiger partial charge in [-0.25, -0.2) is 0 Å². The third kappa shape index (κ3) is 25.3. The summed E-state index contributed by atoms with van der Waals surface area (Å²) in [5.41, 5.74) is 0. The van der Waals surface area contributed by atoms with E-state index in [0.717, 1.165) is 6.04 Å². The smallest absolute Gasteiger partial charge is 0.290 e. The number of unbranched alkanes of at least 4 members (excludes halogenated alkanes) is 1. The van der Waals surface area contributed by atoms with Crippen molar-refractivity contribution in [3.05, 3.63) is 0 Å². The van der Waals surface area contributed by atoms with Crippen LogP contribution in [0, 0.1) is 11.3 Å². The molecule has 1 aliphatic heterocycles. The first kappa shape index (κ1) is 21.2. The van der Waals surface area contributed by atoms with Crippen molar-refractivity contribution >= 4 is 6.47 Å². The van der Waals surface area contributed by atoms with Crippen LogP contribution < -0.4 is 5.32 Å². The minimum Gasteiger partial charge on any atom is -0.483 e. The molecule has 1 unspecified atom stereocenters. The van der Waals surface area contributed by atoms with Crippen LogP contribution in [0.25, 0.3) is 0 Å². The molecular formula is C13H28N2O2. The highest BCUT2D eigenvalue weighted by Crippen LogP contribution is 2.11. The van der Waals surface area contributed by atoms with E-state index in [0.29, 0.717) is 0 Å². The van der Waals surface area contributed by atoms with E-state index in [4.69, 9.17) is 15.2 Å². The molecule has 0 bridgehead atoms. The molecule has 4 heteroatoms. The summed E-state index contributed by atoms with van der Waals surface area (Å²) < 4.78 is 0. The first-order valence-electron chi connectivity index (χ1n) is 6.38. The summed E-state index contributed by atoms with van der Waals surface area (Å²) in [6.45, 7) is 8.70. The zero-order valence-electron chi connectivity index (χ0n) is 11.7. The Morgan fingerprint density at radius 1 is 1.53 bits per heavy atom. The summed E-state index contributed by atoms with van der Waals surface area (Å²) in [5.74, 6) is 0. The number of nitrogens with one attached hydrogen (secondary N) is 1. The lowest BCUT2D eigenvalue weighted by Crippen LogP contribution is -2.20. The molecule has 1 saturated heterocycles. The predicted octanol–water partition coefficient (Wildman–Crippen LogP) is 3.19. The number of nitriles is 1. The Morgan fingerprint density at radius 3 is 2.29 bits per heavy atom. The first-order chi connectivity index (χ1) is 8.26. The van der Waals surface area contributed by atoms with E-state index in [1.165, 1.54) is 45.6 Å². The van der Waals surface area contributed by atoms with Crippen molar-refractivity contribution in [1.29, 1.82) is 5.26 Å². The molecule has 4 nitrogen and oxygen atoms in total. The van der Waals surface area contributed by atoms with Gasteiger partial charge in [0.15, 0.2) is 0 Å². The van der Waals surface area contributed by atoms with Crippen molar-refractivity contribution < 1.29 is 9.90 Å². The number of carboxylic acid groups (broad SMARTS) is 1. The van der Waals surface area contributed by atoms with E-state index < -0.39 is 0 Å². The standard InChI is InChI=1S/C8H17N.C2H3N.C2H6.CH2O2/c1-2-3-5-8-6-4-7-9-8;1-2-3;1-2;2-1-3/h8-9H,2-7H2,1H3;1H3;1-2H3;1H,(H,2,3). The van der Waals surface area contributed by atoms with Crippen LogP contribution in [0.3, 0.4) is 0 Å². The van der Waals surface area contributed by atoms with Gasteiger partial charge in [-0.1, -0.05) is 33.6 Å². The third-order valence-electron chi connectivity index (χ3n) is 2.07. The van der Waals surface area contributed by atoms with Gasteiger partial charge in [0.05, 0.1) is 6.07 Å². The summed E-state index contributed by atoms with van der Waals surface area (Å²) in [4.78, 5) is 8.36. The first-order valence-corrected chi connectivity index (χ1v) is 6.38. The average molecular weight is 244 g/mol. The second kappa shape index (κ2) is 24.2. The molecule has 0 aliphatic carbocycles. The predicted molar refractivity (Wildman–Crippen MR) is 71.9 cm³/mol. The summed E-state index contributed by atoms with van der Waals surface area (Å²) in [7, 11) is 0. The normalized spacial score (nSPS) is 15.8. The van der Waals surface area contributed by atoms with Gasteiger partial charge < -0.3 is 10.4 Å². The van der Waals surface area contributed by atoms with Crippen LogP contribution >= 0.6 is 0 Å². The van der Waals surface area contributed by atoms with Crippen LogP contribution in [0.1, 0.15) is 59.8 Å². The quantitative estimate of drug-likeness (QED) is 0.748. The molecule has 1 aliphatic rings. The fraction of sp³-hybridized carbons (Fsp3) is 0.846. The topological polar surface area (TPSA) is 73.1 Å². The molecule has 102 valence electrons. The number of nitrogens with zero attached hydrogens (tertiary/aromatic N) is 1. The Hall–Kier alpha value is -1.08. The highest BCUT2D eigenvalue weighted by atomic mass is 16.3. The van der Waals surface area contributed by atoms with Crippen molar-refractivity contribution in [2.45, 2.75) is 65.8 Å². The van der Waals surface area contributed by atoms with Crippen LogP contribution in [-0.4, -0.2) is 24.2 Å². The fourth-order valence-corrected chi connectivity index (χ4v) is 1.45. The van der Waals surface area contributed by atoms with Gasteiger partial charge >= 0.3 is 0 Å². The van der Waals surface area contributed by atoms with Crippen molar-refractivity contribution in [2.75, 3.05) is 6.54 Å². The van der Waals surface area contributed by atoms with E-state index in [2.05, 4.69) is 12.2 Å². The Labute approximate surface area is 106 Å². The van der Waals surface area contributed by atoms with Crippen molar-refractivity contribution in [1.82, 2.24) is 5.32 Å². The molecule has 1 atom stereocenters. The lowest BCUT2D eigenvalue weighted by atomic mass is 10.1. The second-order valence-electron chi connectivity index (χ2n) is 3.26. The van der Waals surface area contributed by atoms with E-state index in [1.807, 2.05) is 13.8 Å². The van der Waals surface area contributed by atoms with Gasteiger partial charge in [-0.3, -0.25) is 4.79 Å². The molecule has 0 aromatic rings. The third-order valence-corrected chi connectivity index (χ3v) is 2.07. The van der Waals surface area contributed by atoms with Gasteiger partial charge in [0.25, 0.3) is 6.47 Å². The van der Waals surface area contributed by atoms with Crippen LogP contribution in [0.2, 0.25) is 0 Å². The SMILES string of the molecule is CC.CC#N.CCCCC1CCCN1.O=CO. The highest BCUT2D eigenvalue weighted by molar-refractivity contribution is 5.32. The van der Waals surface area contributed by atoms with Gasteiger partial charge in [-0.05, 0) is 25.8 Å². The second-order valence-corrected chi connectivity index (χ2v) is 3.26. The van der Waals surface area contributed by atoms with Gasteiger partial charge in [0, 0.05) is 13.0 Å². The van der Waals surface area contributed by atoms with Crippen molar-refractivity contribution in [3.63, 3.8) is 0 Å². The van der Waals surface area contributed by atoms with E-state index >= 15 is 0 Å². The van der Waals surface area contributed by atoms with Crippen molar-refractivity contribution in [3.8, 4) is 6.07 Å². The molecule has 0 saturated carbocycles. The summed E-state index contributed by atoms with van der Waals surface area (Å²) in [6, 6.07) is 2.62. The molecule has 2 N–H and O–H groups in total. The fourth-order valence-electron chi connectivity index (χ4n) is 1.45. The molecule has 1 heterocycles. The van der Waals surface area contributed by atoms with Crippen LogP contribution in [0.15, 0.2) is 0 Å². The molecule has 0 radical (unpaired) electrons. The van der Waals surface area contributed by atoms with Crippen molar-refractivity contribution in [2.24, 2.45) is 0 Å². The monoisotopic (exact) mass is 244 g/mol. The molecule has 0 amide bonds. The van der Waals surface area contributed by atoms with Gasteiger partial charge in [0.2, 0.25) is 0 Å². The Morgan fingerprint density at radius 2 is 2.00 bits per heavy atom. The number of hydrogen-bond donors (Lipinski definition) is 2. The molecule has 17 heavy (non-hydrogen) atoms. The zero-order valence-corrected chi connectivity index (χ0v) is 11.7. The maximum Gasteiger partial charge on any atom is 0.290 e. The maximum absolute atomic E-state index is 8.36. The van der Waals surface area contributed by atoms with Crippen LogP contribution in [0.4, 0.5) is 0 Å². The highest BCUT2D eigenvalue weighted by Gasteiger charge is 2.11. The van der Waals surface area contributed by atoms with Crippen LogP contribution in [0.5, 0.6) is 0 Å². The lowest BCUT2D eigenvalue weighted by Gasteiger charge is -2.06. The van der Waals surface area contributed by atoms with E-state index in [-0.39, 0.29) is 6.47 Å². The Bertz CT molecular complexity index is 161. The molecule has 0 spiro atoms. The zero-order chi connectivity index (χ0) is 13.9. The van der Waals surface area contributed by atoms with E-state index in [1.54, 1.807) is 6.07 Å². The summed E-state index contributed by atoms with van der Waals surface area (Å²) >= 11 is 0. The number of rotatable bonds is 3. The molecule has 1 rings (SSSR count). The lowest BCUT2D eigenvalue weighted by molar-refractivity contribution is -0.122. The minimum absolute atomic E-state index is 0.250. The molecule has 1 fully saturated rings. The number of hydrogen-bond acceptors (Lipinski definition) is 3.